The van der Waals surface area contributed by atoms with Crippen LogP contribution < -0.4 is 0 Å². The van der Waals surface area contributed by atoms with Crippen LogP contribution in [0, 0.1) is 11.8 Å². The van der Waals surface area contributed by atoms with Crippen LogP contribution >= 0.6 is 0 Å². The van der Waals surface area contributed by atoms with E-state index in [1.807, 2.05) is 18.2 Å². The Balaban J connectivity index is 2.63. The van der Waals surface area contributed by atoms with E-state index in [2.05, 4.69) is 6.92 Å². The maximum absolute atomic E-state index is 11.5. The average molecular weight is 425 g/mol. The molecule has 0 aliphatic heterocycles. The maximum Gasteiger partial charge on any atom is 0.305 e. The number of hydrogen-bond donors (Lipinski definition) is 2. The third-order valence-electron chi connectivity index (χ3n) is 5.50. The number of unbranched alkanes of at least 4 members (excludes halogenated alkanes) is 3. The van der Waals surface area contributed by atoms with E-state index >= 15 is 0 Å². The Labute approximate surface area is 181 Å². The minimum Gasteiger partial charge on any atom is -0.466 e. The quantitative estimate of drug-likeness (QED) is 0.248. The number of esters is 2. The van der Waals surface area contributed by atoms with E-state index in [0.717, 1.165) is 32.1 Å². The molecule has 0 aromatic rings. The minimum atomic E-state index is -0.601. The van der Waals surface area contributed by atoms with Crippen LogP contribution in [0.5, 0.6) is 0 Å². The molecule has 6 heteroatoms. The second kappa shape index (κ2) is 15.2. The zero-order valence-electron chi connectivity index (χ0n) is 18.8. The van der Waals surface area contributed by atoms with E-state index < -0.39 is 12.2 Å². The highest BCUT2D eigenvalue weighted by Gasteiger charge is 2.42. The van der Waals surface area contributed by atoms with Gasteiger partial charge in [0.25, 0.3) is 0 Å². The van der Waals surface area contributed by atoms with Crippen molar-refractivity contribution in [3.63, 3.8) is 0 Å². The molecule has 1 aliphatic carbocycles. The molecular formula is C24H40O6. The van der Waals surface area contributed by atoms with Crippen LogP contribution in [0.2, 0.25) is 0 Å². The van der Waals surface area contributed by atoms with Crippen LogP contribution in [-0.2, 0) is 19.1 Å². The lowest BCUT2D eigenvalue weighted by Gasteiger charge is -2.22. The highest BCUT2D eigenvalue weighted by molar-refractivity contribution is 5.69. The van der Waals surface area contributed by atoms with Gasteiger partial charge >= 0.3 is 11.9 Å². The molecule has 5 atom stereocenters. The molecule has 1 saturated carbocycles. The van der Waals surface area contributed by atoms with Crippen LogP contribution in [0.15, 0.2) is 24.3 Å². The SMILES string of the molecule is CCCCC[C@@H](O)/C=C/[C@H]1[C@@H](C/C=C\CCCC(=O)OCC)[C@H](OC(C)=O)C[C@@H]1O. The first-order valence-corrected chi connectivity index (χ1v) is 11.4. The zero-order chi connectivity index (χ0) is 22.4. The summed E-state index contributed by atoms with van der Waals surface area (Å²) in [5.41, 5.74) is 0. The molecule has 0 bridgehead atoms. The predicted octanol–water partition coefficient (Wildman–Crippen LogP) is 4.09. The van der Waals surface area contributed by atoms with Crippen molar-refractivity contribution in [2.45, 2.75) is 96.9 Å². The fourth-order valence-electron chi connectivity index (χ4n) is 3.96. The van der Waals surface area contributed by atoms with Gasteiger partial charge in [0.05, 0.1) is 18.8 Å². The van der Waals surface area contributed by atoms with Crippen LogP contribution in [0.25, 0.3) is 0 Å². The number of ether oxygens (including phenoxy) is 2. The molecule has 0 amide bonds. The fourth-order valence-corrected chi connectivity index (χ4v) is 3.96. The van der Waals surface area contributed by atoms with E-state index in [1.54, 1.807) is 13.0 Å². The summed E-state index contributed by atoms with van der Waals surface area (Å²) < 4.78 is 10.4. The second-order valence-electron chi connectivity index (χ2n) is 8.04. The van der Waals surface area contributed by atoms with Crippen molar-refractivity contribution in [2.75, 3.05) is 6.61 Å². The van der Waals surface area contributed by atoms with E-state index in [9.17, 15) is 19.8 Å². The van der Waals surface area contributed by atoms with E-state index in [0.29, 0.717) is 32.3 Å². The number of aliphatic hydroxyl groups is 2. The Kier molecular flexibility index (Phi) is 13.4. The molecule has 1 fully saturated rings. The lowest BCUT2D eigenvalue weighted by atomic mass is 9.89. The highest BCUT2D eigenvalue weighted by atomic mass is 16.5. The number of aliphatic hydroxyl groups excluding tert-OH is 2. The number of carbonyl (C=O) groups excluding carboxylic acids is 2. The van der Waals surface area contributed by atoms with Crippen molar-refractivity contribution >= 4 is 11.9 Å². The third kappa shape index (κ3) is 10.4. The molecule has 30 heavy (non-hydrogen) atoms. The summed E-state index contributed by atoms with van der Waals surface area (Å²) in [6, 6.07) is 0. The summed E-state index contributed by atoms with van der Waals surface area (Å²) in [6.07, 6.45) is 13.1. The van der Waals surface area contributed by atoms with E-state index in [1.165, 1.54) is 6.92 Å². The van der Waals surface area contributed by atoms with E-state index in [-0.39, 0.29) is 29.9 Å². The van der Waals surface area contributed by atoms with Crippen LogP contribution in [0.4, 0.5) is 0 Å². The highest BCUT2D eigenvalue weighted by Crippen LogP contribution is 2.38. The molecule has 0 aromatic heterocycles. The fraction of sp³-hybridized carbons (Fsp3) is 0.750. The normalized spacial score (nSPS) is 25.1. The smallest absolute Gasteiger partial charge is 0.305 e. The molecule has 0 saturated heterocycles. The molecule has 0 spiro atoms. The van der Waals surface area contributed by atoms with Crippen LogP contribution in [0.1, 0.15) is 78.6 Å². The van der Waals surface area contributed by atoms with Gasteiger partial charge in [0.2, 0.25) is 0 Å². The lowest BCUT2D eigenvalue weighted by molar-refractivity contribution is -0.148. The zero-order valence-corrected chi connectivity index (χ0v) is 18.8. The number of hydrogen-bond acceptors (Lipinski definition) is 6. The van der Waals surface area contributed by atoms with E-state index in [4.69, 9.17) is 9.47 Å². The molecule has 0 heterocycles. The van der Waals surface area contributed by atoms with Gasteiger partial charge in [-0.1, -0.05) is 50.5 Å². The Morgan fingerprint density at radius 2 is 1.93 bits per heavy atom. The van der Waals surface area contributed by atoms with Crippen LogP contribution in [-0.4, -0.2) is 47.1 Å². The summed E-state index contributed by atoms with van der Waals surface area (Å²) in [5, 5.41) is 20.7. The van der Waals surface area contributed by atoms with Gasteiger partial charge in [0.1, 0.15) is 6.10 Å². The van der Waals surface area contributed by atoms with Crippen molar-refractivity contribution in [2.24, 2.45) is 11.8 Å². The Bertz CT molecular complexity index is 556. The first-order chi connectivity index (χ1) is 14.4. The van der Waals surface area contributed by atoms with Crippen molar-refractivity contribution in [1.82, 2.24) is 0 Å². The van der Waals surface area contributed by atoms with Gasteiger partial charge in [-0.3, -0.25) is 9.59 Å². The van der Waals surface area contributed by atoms with Gasteiger partial charge in [0, 0.05) is 31.6 Å². The van der Waals surface area contributed by atoms with Crippen LogP contribution in [0.3, 0.4) is 0 Å². The van der Waals surface area contributed by atoms with Crippen molar-refractivity contribution in [3.05, 3.63) is 24.3 Å². The Morgan fingerprint density at radius 3 is 2.60 bits per heavy atom. The van der Waals surface area contributed by atoms with Gasteiger partial charge in [-0.05, 0) is 32.6 Å². The van der Waals surface area contributed by atoms with Crippen molar-refractivity contribution < 1.29 is 29.3 Å². The van der Waals surface area contributed by atoms with Crippen molar-refractivity contribution in [1.29, 1.82) is 0 Å². The monoisotopic (exact) mass is 424 g/mol. The van der Waals surface area contributed by atoms with Crippen molar-refractivity contribution in [3.8, 4) is 0 Å². The molecule has 0 aromatic carbocycles. The number of rotatable bonds is 14. The molecular weight excluding hydrogens is 384 g/mol. The maximum atomic E-state index is 11.5. The lowest BCUT2D eigenvalue weighted by Crippen LogP contribution is -2.24. The topological polar surface area (TPSA) is 93.1 Å². The van der Waals surface area contributed by atoms with Gasteiger partial charge in [-0.2, -0.15) is 0 Å². The summed E-state index contributed by atoms with van der Waals surface area (Å²) >= 11 is 0. The summed E-state index contributed by atoms with van der Waals surface area (Å²) in [5.74, 6) is -0.731. The predicted molar refractivity (Wildman–Crippen MR) is 117 cm³/mol. The summed E-state index contributed by atoms with van der Waals surface area (Å²) in [7, 11) is 0. The van der Waals surface area contributed by atoms with Gasteiger partial charge in [-0.25, -0.2) is 0 Å². The number of allylic oxidation sites excluding steroid dienone is 2. The summed E-state index contributed by atoms with van der Waals surface area (Å²) in [6.45, 7) is 5.71. The minimum absolute atomic E-state index is 0.0377. The first-order valence-electron chi connectivity index (χ1n) is 11.4. The Hall–Kier alpha value is -1.66. The van der Waals surface area contributed by atoms with Gasteiger partial charge in [0.15, 0.2) is 0 Å². The standard InChI is InChI=1S/C24H40O6/c1-4-6-9-12-19(26)15-16-20-21(23(17-22(20)27)30-18(3)25)13-10-7-8-11-14-24(28)29-5-2/h7,10,15-16,19-23,26-27H,4-6,8-9,11-14,17H2,1-3H3/b10-7-,16-15+/t19-,20+,21-,22+,23-/m1/s1. The number of carbonyl (C=O) groups is 2. The molecule has 6 nitrogen and oxygen atoms in total. The molecule has 1 rings (SSSR count). The summed E-state index contributed by atoms with van der Waals surface area (Å²) in [4.78, 5) is 22.8. The average Bonchev–Trinajstić information content (AvgIpc) is 2.96. The first kappa shape index (κ1) is 26.4. The molecule has 0 radical (unpaired) electrons. The van der Waals surface area contributed by atoms with Gasteiger partial charge < -0.3 is 19.7 Å². The molecule has 172 valence electrons. The third-order valence-corrected chi connectivity index (χ3v) is 5.50. The molecule has 0 unspecified atom stereocenters. The molecule has 2 N–H and O–H groups in total. The second-order valence-corrected chi connectivity index (χ2v) is 8.04. The molecule has 1 aliphatic rings. The largest absolute Gasteiger partial charge is 0.466 e. The van der Waals surface area contributed by atoms with Gasteiger partial charge in [-0.15, -0.1) is 0 Å². The Morgan fingerprint density at radius 1 is 1.17 bits per heavy atom.